The van der Waals surface area contributed by atoms with Crippen LogP contribution in [0.15, 0.2) is 72.8 Å². The quantitative estimate of drug-likeness (QED) is 0.623. The molecule has 0 aliphatic heterocycles. The van der Waals surface area contributed by atoms with Gasteiger partial charge in [0.15, 0.2) is 0 Å². The van der Waals surface area contributed by atoms with Crippen LogP contribution in [-0.2, 0) is 13.2 Å². The third-order valence-corrected chi connectivity index (χ3v) is 3.87. The van der Waals surface area contributed by atoms with Crippen LogP contribution >= 0.6 is 11.6 Å². The lowest BCUT2D eigenvalue weighted by molar-refractivity contribution is 0.306. The smallest absolute Gasteiger partial charge is 0.138 e. The van der Waals surface area contributed by atoms with Crippen molar-refractivity contribution in [2.75, 3.05) is 5.32 Å². The molecule has 3 aromatic carbocycles. The summed E-state index contributed by atoms with van der Waals surface area (Å²) in [6.07, 6.45) is 0. The molecule has 3 aromatic rings. The van der Waals surface area contributed by atoms with E-state index in [0.29, 0.717) is 23.9 Å². The Bertz CT molecular complexity index is 790. The number of halogens is 2. The van der Waals surface area contributed by atoms with E-state index >= 15 is 0 Å². The minimum atomic E-state index is -0.257. The van der Waals surface area contributed by atoms with Crippen molar-refractivity contribution in [1.29, 1.82) is 0 Å². The van der Waals surface area contributed by atoms with Gasteiger partial charge in [-0.05, 0) is 47.5 Å². The number of benzene rings is 3. The van der Waals surface area contributed by atoms with Gasteiger partial charge in [0.05, 0.1) is 5.02 Å². The molecule has 0 radical (unpaired) electrons. The standard InChI is InChI=1S/C20H17ClFNO/c21-19-12-16(13-23-18-4-2-1-3-5-18)8-11-20(19)24-14-15-6-9-17(22)10-7-15/h1-12,23H,13-14H2. The molecule has 0 atom stereocenters. The van der Waals surface area contributed by atoms with Crippen LogP contribution in [0.4, 0.5) is 10.1 Å². The topological polar surface area (TPSA) is 21.3 Å². The van der Waals surface area contributed by atoms with E-state index in [2.05, 4.69) is 5.32 Å². The number of rotatable bonds is 6. The largest absolute Gasteiger partial charge is 0.487 e. The molecular formula is C20H17ClFNO. The zero-order valence-corrected chi connectivity index (χ0v) is 13.8. The molecule has 0 fully saturated rings. The Morgan fingerprint density at radius 1 is 0.875 bits per heavy atom. The molecule has 3 rings (SSSR count). The van der Waals surface area contributed by atoms with Gasteiger partial charge in [-0.3, -0.25) is 0 Å². The second-order valence-electron chi connectivity index (χ2n) is 5.40. The van der Waals surface area contributed by atoms with E-state index < -0.39 is 0 Å². The lowest BCUT2D eigenvalue weighted by Gasteiger charge is -2.11. The minimum absolute atomic E-state index is 0.257. The van der Waals surface area contributed by atoms with Crippen LogP contribution in [0.5, 0.6) is 5.75 Å². The monoisotopic (exact) mass is 341 g/mol. The van der Waals surface area contributed by atoms with E-state index in [9.17, 15) is 4.39 Å². The highest BCUT2D eigenvalue weighted by molar-refractivity contribution is 6.32. The first-order valence-corrected chi connectivity index (χ1v) is 8.03. The van der Waals surface area contributed by atoms with Crippen molar-refractivity contribution in [2.45, 2.75) is 13.2 Å². The van der Waals surface area contributed by atoms with Crippen LogP contribution in [0.1, 0.15) is 11.1 Å². The zero-order valence-electron chi connectivity index (χ0n) is 13.0. The fourth-order valence-corrected chi connectivity index (χ4v) is 2.53. The summed E-state index contributed by atoms with van der Waals surface area (Å²) in [4.78, 5) is 0. The molecule has 0 saturated carbocycles. The van der Waals surface area contributed by atoms with Crippen LogP contribution < -0.4 is 10.1 Å². The first-order valence-electron chi connectivity index (χ1n) is 7.65. The first kappa shape index (κ1) is 16.3. The second kappa shape index (κ2) is 7.84. The highest BCUT2D eigenvalue weighted by atomic mass is 35.5. The fourth-order valence-electron chi connectivity index (χ4n) is 2.27. The van der Waals surface area contributed by atoms with Gasteiger partial charge in [0.2, 0.25) is 0 Å². The van der Waals surface area contributed by atoms with Crippen LogP contribution in [0, 0.1) is 5.82 Å². The maximum atomic E-state index is 12.9. The van der Waals surface area contributed by atoms with Crippen molar-refractivity contribution in [3.63, 3.8) is 0 Å². The maximum Gasteiger partial charge on any atom is 0.138 e. The molecule has 24 heavy (non-hydrogen) atoms. The molecule has 1 N–H and O–H groups in total. The molecule has 122 valence electrons. The van der Waals surface area contributed by atoms with Crippen molar-refractivity contribution >= 4 is 17.3 Å². The number of hydrogen-bond donors (Lipinski definition) is 1. The van der Waals surface area contributed by atoms with Gasteiger partial charge < -0.3 is 10.1 Å². The Labute approximate surface area is 145 Å². The number of anilines is 1. The molecule has 2 nitrogen and oxygen atoms in total. The summed E-state index contributed by atoms with van der Waals surface area (Å²) < 4.78 is 18.6. The van der Waals surface area contributed by atoms with Crippen LogP contribution in [0.2, 0.25) is 5.02 Å². The summed E-state index contributed by atoms with van der Waals surface area (Å²) in [6, 6.07) is 21.9. The summed E-state index contributed by atoms with van der Waals surface area (Å²) in [5.41, 5.74) is 3.02. The average molecular weight is 342 g/mol. The predicted octanol–water partition coefficient (Wildman–Crippen LogP) is 5.67. The Morgan fingerprint density at radius 2 is 1.58 bits per heavy atom. The average Bonchev–Trinajstić information content (AvgIpc) is 2.61. The Morgan fingerprint density at radius 3 is 2.29 bits per heavy atom. The molecule has 0 aliphatic carbocycles. The SMILES string of the molecule is Fc1ccc(COc2ccc(CNc3ccccc3)cc2Cl)cc1. The predicted molar refractivity (Wildman–Crippen MR) is 96.0 cm³/mol. The van der Waals surface area contributed by atoms with Gasteiger partial charge in [-0.1, -0.05) is 48.0 Å². The summed E-state index contributed by atoms with van der Waals surface area (Å²) in [7, 11) is 0. The Kier molecular flexibility index (Phi) is 5.34. The van der Waals surface area contributed by atoms with E-state index in [4.69, 9.17) is 16.3 Å². The van der Waals surface area contributed by atoms with E-state index in [0.717, 1.165) is 16.8 Å². The zero-order chi connectivity index (χ0) is 16.8. The number of hydrogen-bond acceptors (Lipinski definition) is 2. The third kappa shape index (κ3) is 4.49. The van der Waals surface area contributed by atoms with Crippen LogP contribution in [0.25, 0.3) is 0 Å². The molecular weight excluding hydrogens is 325 g/mol. The van der Waals surface area contributed by atoms with Gasteiger partial charge in [0.1, 0.15) is 18.2 Å². The summed E-state index contributed by atoms with van der Waals surface area (Å²) in [5.74, 6) is 0.358. The summed E-state index contributed by atoms with van der Waals surface area (Å²) in [6.45, 7) is 1.03. The molecule has 0 amide bonds. The molecule has 0 bridgehead atoms. The normalized spacial score (nSPS) is 10.4. The van der Waals surface area contributed by atoms with Gasteiger partial charge in [-0.2, -0.15) is 0 Å². The molecule has 0 aromatic heterocycles. The molecule has 0 heterocycles. The van der Waals surface area contributed by atoms with Crippen molar-refractivity contribution in [2.24, 2.45) is 0 Å². The van der Waals surface area contributed by atoms with Crippen molar-refractivity contribution in [3.8, 4) is 5.75 Å². The first-order chi connectivity index (χ1) is 11.7. The van der Waals surface area contributed by atoms with Gasteiger partial charge >= 0.3 is 0 Å². The molecule has 0 unspecified atom stereocenters. The van der Waals surface area contributed by atoms with Gasteiger partial charge in [0.25, 0.3) is 0 Å². The number of para-hydroxylation sites is 1. The van der Waals surface area contributed by atoms with Gasteiger partial charge in [-0.15, -0.1) is 0 Å². The van der Waals surface area contributed by atoms with Crippen LogP contribution in [0.3, 0.4) is 0 Å². The van der Waals surface area contributed by atoms with Crippen molar-refractivity contribution < 1.29 is 9.13 Å². The van der Waals surface area contributed by atoms with E-state index in [-0.39, 0.29) is 5.82 Å². The minimum Gasteiger partial charge on any atom is -0.487 e. The highest BCUT2D eigenvalue weighted by Gasteiger charge is 2.04. The molecule has 0 aliphatic rings. The molecule has 0 spiro atoms. The second-order valence-corrected chi connectivity index (χ2v) is 5.81. The van der Waals surface area contributed by atoms with Crippen LogP contribution in [-0.4, -0.2) is 0 Å². The van der Waals surface area contributed by atoms with Gasteiger partial charge in [0, 0.05) is 12.2 Å². The maximum absolute atomic E-state index is 12.9. The summed E-state index contributed by atoms with van der Waals surface area (Å²) in [5, 5.41) is 3.90. The molecule has 4 heteroatoms. The van der Waals surface area contributed by atoms with E-state index in [1.807, 2.05) is 48.5 Å². The Balaban J connectivity index is 1.59. The Hall–Kier alpha value is -2.52. The van der Waals surface area contributed by atoms with Gasteiger partial charge in [-0.25, -0.2) is 4.39 Å². The molecule has 0 saturated heterocycles. The number of ether oxygens (including phenoxy) is 1. The lowest BCUT2D eigenvalue weighted by Crippen LogP contribution is -2.00. The van der Waals surface area contributed by atoms with E-state index in [1.54, 1.807) is 12.1 Å². The fraction of sp³-hybridized carbons (Fsp3) is 0.100. The van der Waals surface area contributed by atoms with Crippen molar-refractivity contribution in [1.82, 2.24) is 0 Å². The van der Waals surface area contributed by atoms with E-state index in [1.165, 1.54) is 12.1 Å². The lowest BCUT2D eigenvalue weighted by atomic mass is 10.2. The van der Waals surface area contributed by atoms with Crippen molar-refractivity contribution in [3.05, 3.63) is 94.8 Å². The third-order valence-electron chi connectivity index (χ3n) is 3.57. The highest BCUT2D eigenvalue weighted by Crippen LogP contribution is 2.26. The summed E-state index contributed by atoms with van der Waals surface area (Å²) >= 11 is 6.29. The number of nitrogens with one attached hydrogen (secondary N) is 1.